The highest BCUT2D eigenvalue weighted by Gasteiger charge is 2.34. The summed E-state index contributed by atoms with van der Waals surface area (Å²) in [4.78, 5) is 23.6. The Labute approximate surface area is 158 Å². The van der Waals surface area contributed by atoms with E-state index in [9.17, 15) is 18.0 Å². The minimum absolute atomic E-state index is 0.0936. The monoisotopic (exact) mass is 399 g/mol. The van der Waals surface area contributed by atoms with E-state index < -0.39 is 28.1 Å². The Balaban J connectivity index is 2.01. The van der Waals surface area contributed by atoms with Crippen molar-refractivity contribution in [2.24, 2.45) is 0 Å². The summed E-state index contributed by atoms with van der Waals surface area (Å²) in [5, 5.41) is 13.4. The molecule has 1 aliphatic rings. The van der Waals surface area contributed by atoms with Gasteiger partial charge in [-0.25, -0.2) is 8.42 Å². The molecule has 0 aliphatic carbocycles. The number of benzene rings is 1. The molecule has 1 aromatic carbocycles. The summed E-state index contributed by atoms with van der Waals surface area (Å²) in [5.41, 5.74) is 0.944. The van der Waals surface area contributed by atoms with Crippen molar-refractivity contribution in [3.63, 3.8) is 0 Å². The zero-order valence-corrected chi connectivity index (χ0v) is 16.0. The van der Waals surface area contributed by atoms with Crippen LogP contribution in [0.4, 0.5) is 0 Å². The van der Waals surface area contributed by atoms with Crippen LogP contribution in [-0.2, 0) is 24.3 Å². The fraction of sp³-hybridized carbons (Fsp3) is 0.529. The lowest BCUT2D eigenvalue weighted by molar-refractivity contribution is -0.140. The van der Waals surface area contributed by atoms with Gasteiger partial charge < -0.3 is 20.5 Å². The van der Waals surface area contributed by atoms with Gasteiger partial charge in [-0.15, -0.1) is 0 Å². The first-order valence-corrected chi connectivity index (χ1v) is 10.2. The van der Waals surface area contributed by atoms with Crippen molar-refractivity contribution in [1.29, 1.82) is 0 Å². The number of rotatable bonds is 7. The molecule has 1 atom stereocenters. The zero-order valence-electron chi connectivity index (χ0n) is 15.2. The number of aliphatic hydroxyl groups is 1. The first-order chi connectivity index (χ1) is 12.9. The van der Waals surface area contributed by atoms with Crippen LogP contribution in [0.15, 0.2) is 29.2 Å². The molecule has 150 valence electrons. The number of ether oxygens (including phenoxy) is 1. The van der Waals surface area contributed by atoms with E-state index in [2.05, 4.69) is 10.6 Å². The molecule has 0 radical (unpaired) electrons. The summed E-state index contributed by atoms with van der Waals surface area (Å²) in [5.74, 6) is -1.72. The highest BCUT2D eigenvalue weighted by Crippen LogP contribution is 2.22. The predicted molar refractivity (Wildman–Crippen MR) is 97.2 cm³/mol. The molecular formula is C17H25N3O6S. The van der Waals surface area contributed by atoms with Crippen LogP contribution in [0.3, 0.4) is 0 Å². The van der Waals surface area contributed by atoms with Gasteiger partial charge in [0.2, 0.25) is 10.0 Å². The smallest absolute Gasteiger partial charge is 0.309 e. The third kappa shape index (κ3) is 5.73. The van der Waals surface area contributed by atoms with E-state index in [4.69, 9.17) is 9.84 Å². The van der Waals surface area contributed by atoms with Crippen LogP contribution in [-0.4, -0.2) is 68.7 Å². The summed E-state index contributed by atoms with van der Waals surface area (Å²) < 4.78 is 32.5. The Bertz CT molecular complexity index is 750. The van der Waals surface area contributed by atoms with Gasteiger partial charge in [0.1, 0.15) is 6.23 Å². The van der Waals surface area contributed by atoms with Crippen molar-refractivity contribution < 1.29 is 27.9 Å². The topological polar surface area (TPSA) is 125 Å². The number of hydrogen-bond acceptors (Lipinski definition) is 6. The lowest BCUT2D eigenvalue weighted by Crippen LogP contribution is -2.53. The van der Waals surface area contributed by atoms with Crippen LogP contribution in [0.25, 0.3) is 0 Å². The number of sulfonamides is 1. The Morgan fingerprint density at radius 1 is 1.22 bits per heavy atom. The summed E-state index contributed by atoms with van der Waals surface area (Å²) in [6.45, 7) is 2.44. The zero-order chi connectivity index (χ0) is 19.9. The first-order valence-electron chi connectivity index (χ1n) is 8.73. The predicted octanol–water partition coefficient (Wildman–Crippen LogP) is -0.653. The minimum Gasteiger partial charge on any atom is -0.396 e. The van der Waals surface area contributed by atoms with Gasteiger partial charge in [-0.2, -0.15) is 4.31 Å². The van der Waals surface area contributed by atoms with Crippen molar-refractivity contribution in [2.45, 2.75) is 30.9 Å². The number of nitrogens with zero attached hydrogens (tertiary/aromatic N) is 1. The quantitative estimate of drug-likeness (QED) is 0.413. The lowest BCUT2D eigenvalue weighted by atomic mass is 10.2. The number of carbonyl (C=O) groups is 2. The van der Waals surface area contributed by atoms with Crippen LogP contribution >= 0.6 is 0 Å². The molecule has 0 saturated carbocycles. The van der Waals surface area contributed by atoms with E-state index in [1.807, 2.05) is 6.92 Å². The third-order valence-corrected chi connectivity index (χ3v) is 5.95. The number of nitrogens with one attached hydrogen (secondary N) is 2. The number of carbonyl (C=O) groups excluding carboxylic acids is 2. The van der Waals surface area contributed by atoms with Crippen LogP contribution < -0.4 is 10.6 Å². The molecule has 1 saturated heterocycles. The van der Waals surface area contributed by atoms with Crippen LogP contribution in [0, 0.1) is 6.92 Å². The van der Waals surface area contributed by atoms with Gasteiger partial charge >= 0.3 is 11.8 Å². The Kier molecular flexibility index (Phi) is 7.72. The van der Waals surface area contributed by atoms with Gasteiger partial charge in [0, 0.05) is 19.7 Å². The van der Waals surface area contributed by atoms with Crippen molar-refractivity contribution in [1.82, 2.24) is 14.9 Å². The molecule has 1 aliphatic heterocycles. The molecule has 0 spiro atoms. The van der Waals surface area contributed by atoms with Crippen LogP contribution in [0.5, 0.6) is 0 Å². The number of aryl methyl sites for hydroxylation is 1. The highest BCUT2D eigenvalue weighted by molar-refractivity contribution is 7.89. The molecule has 0 unspecified atom stereocenters. The van der Waals surface area contributed by atoms with Gasteiger partial charge in [-0.1, -0.05) is 17.7 Å². The van der Waals surface area contributed by atoms with E-state index in [0.29, 0.717) is 19.4 Å². The van der Waals surface area contributed by atoms with Gasteiger partial charge in [0.05, 0.1) is 18.0 Å². The summed E-state index contributed by atoms with van der Waals surface area (Å²) in [6, 6.07) is 6.49. The maximum atomic E-state index is 12.9. The van der Waals surface area contributed by atoms with Crippen molar-refractivity contribution in [2.75, 3.05) is 32.8 Å². The van der Waals surface area contributed by atoms with Crippen LogP contribution in [0.1, 0.15) is 18.4 Å². The minimum atomic E-state index is -3.78. The fourth-order valence-electron chi connectivity index (χ4n) is 2.57. The van der Waals surface area contributed by atoms with Crippen molar-refractivity contribution >= 4 is 21.8 Å². The molecule has 1 aromatic rings. The second-order valence-corrected chi connectivity index (χ2v) is 8.04. The Morgan fingerprint density at radius 3 is 2.56 bits per heavy atom. The largest absolute Gasteiger partial charge is 0.396 e. The van der Waals surface area contributed by atoms with E-state index in [0.717, 1.165) is 5.56 Å². The lowest BCUT2D eigenvalue weighted by Gasteiger charge is -2.34. The average Bonchev–Trinajstić information content (AvgIpc) is 2.66. The molecule has 3 N–H and O–H groups in total. The highest BCUT2D eigenvalue weighted by atomic mass is 32.2. The second kappa shape index (κ2) is 9.79. The summed E-state index contributed by atoms with van der Waals surface area (Å²) in [7, 11) is -3.78. The summed E-state index contributed by atoms with van der Waals surface area (Å²) >= 11 is 0. The Hall–Kier alpha value is -2.01. The molecular weight excluding hydrogens is 374 g/mol. The molecule has 2 rings (SSSR count). The van der Waals surface area contributed by atoms with Crippen LogP contribution in [0.2, 0.25) is 0 Å². The maximum absolute atomic E-state index is 12.9. The van der Waals surface area contributed by atoms with Gasteiger partial charge in [-0.3, -0.25) is 9.59 Å². The molecule has 1 fully saturated rings. The maximum Gasteiger partial charge on any atom is 0.309 e. The normalized spacial score (nSPS) is 18.1. The summed E-state index contributed by atoms with van der Waals surface area (Å²) in [6.07, 6.45) is -0.0101. The van der Waals surface area contributed by atoms with Gasteiger partial charge in [-0.05, 0) is 31.9 Å². The molecule has 1 heterocycles. The standard InChI is InChI=1S/C17H25N3O6S/c1-13-4-6-14(7-5-13)27(24,25)20-9-3-11-26-15(20)12-19-17(23)16(22)18-8-2-10-21/h4-7,15,21H,2-3,8-12H2,1H3,(H,18,22)(H,19,23)/t15-/m1/s1. The molecule has 2 amide bonds. The molecule has 0 bridgehead atoms. The Morgan fingerprint density at radius 2 is 1.89 bits per heavy atom. The average molecular weight is 399 g/mol. The van der Waals surface area contributed by atoms with E-state index in [-0.39, 0.29) is 31.1 Å². The van der Waals surface area contributed by atoms with Crippen molar-refractivity contribution in [3.05, 3.63) is 29.8 Å². The number of hydrogen-bond donors (Lipinski definition) is 3. The SMILES string of the molecule is Cc1ccc(S(=O)(=O)N2CCCO[C@@H]2CNC(=O)C(=O)NCCCO)cc1. The molecule has 0 aromatic heterocycles. The number of aliphatic hydroxyl groups excluding tert-OH is 1. The third-order valence-electron chi connectivity index (χ3n) is 4.05. The second-order valence-electron chi connectivity index (χ2n) is 6.15. The molecule has 9 nitrogen and oxygen atoms in total. The number of amides is 2. The molecule has 27 heavy (non-hydrogen) atoms. The fourth-order valence-corrected chi connectivity index (χ4v) is 4.13. The van der Waals surface area contributed by atoms with Crippen molar-refractivity contribution in [3.8, 4) is 0 Å². The first kappa shape index (κ1) is 21.3. The van der Waals surface area contributed by atoms with E-state index >= 15 is 0 Å². The molecule has 10 heteroatoms. The van der Waals surface area contributed by atoms with E-state index in [1.165, 1.54) is 16.4 Å². The van der Waals surface area contributed by atoms with Gasteiger partial charge in [0.25, 0.3) is 0 Å². The van der Waals surface area contributed by atoms with E-state index in [1.54, 1.807) is 12.1 Å². The van der Waals surface area contributed by atoms with Gasteiger partial charge in [0.15, 0.2) is 0 Å².